The molecule has 0 amide bonds. The van der Waals surface area contributed by atoms with Gasteiger partial charge in [-0.05, 0) is 30.6 Å². The van der Waals surface area contributed by atoms with E-state index in [0.717, 1.165) is 17.9 Å². The van der Waals surface area contributed by atoms with Crippen LogP contribution in [-0.4, -0.2) is 14.6 Å². The fraction of sp³-hybridized carbons (Fsp3) is 0.222. The van der Waals surface area contributed by atoms with Crippen molar-refractivity contribution in [1.29, 1.82) is 0 Å². The third-order valence-electron chi connectivity index (χ3n) is 1.88. The standard InChI is InChI=1S/C9H10N4S/c1-7-9(14-13-12-7)6-11-8-2-4-10-5-3-8/h2-5H,6H2,1H3,(H,10,11). The quantitative estimate of drug-likeness (QED) is 0.832. The molecule has 0 saturated carbocycles. The highest BCUT2D eigenvalue weighted by Gasteiger charge is 2.01. The highest BCUT2D eigenvalue weighted by molar-refractivity contribution is 7.05. The van der Waals surface area contributed by atoms with E-state index in [2.05, 4.69) is 19.9 Å². The van der Waals surface area contributed by atoms with Crippen LogP contribution in [0.3, 0.4) is 0 Å². The lowest BCUT2D eigenvalue weighted by atomic mass is 10.3. The number of hydrogen-bond acceptors (Lipinski definition) is 5. The van der Waals surface area contributed by atoms with Gasteiger partial charge in [0.1, 0.15) is 0 Å². The minimum absolute atomic E-state index is 0.771. The number of pyridine rings is 1. The summed E-state index contributed by atoms with van der Waals surface area (Å²) in [6.45, 7) is 2.74. The van der Waals surface area contributed by atoms with Crippen molar-refractivity contribution in [1.82, 2.24) is 14.6 Å². The average Bonchev–Trinajstić information content (AvgIpc) is 2.63. The summed E-state index contributed by atoms with van der Waals surface area (Å²) in [5.74, 6) is 0. The summed E-state index contributed by atoms with van der Waals surface area (Å²) in [5, 5.41) is 7.22. The fourth-order valence-electron chi connectivity index (χ4n) is 1.07. The first kappa shape index (κ1) is 9.08. The molecule has 0 atom stereocenters. The smallest absolute Gasteiger partial charge is 0.0774 e. The molecule has 5 heteroatoms. The monoisotopic (exact) mass is 206 g/mol. The van der Waals surface area contributed by atoms with E-state index in [0.29, 0.717) is 0 Å². The molecule has 2 heterocycles. The zero-order valence-electron chi connectivity index (χ0n) is 7.77. The lowest BCUT2D eigenvalue weighted by Crippen LogP contribution is -1.98. The highest BCUT2D eigenvalue weighted by atomic mass is 32.1. The first-order chi connectivity index (χ1) is 6.86. The molecule has 72 valence electrons. The van der Waals surface area contributed by atoms with Crippen molar-refractivity contribution in [3.05, 3.63) is 35.1 Å². The van der Waals surface area contributed by atoms with E-state index in [-0.39, 0.29) is 0 Å². The van der Waals surface area contributed by atoms with Crippen LogP contribution in [0.1, 0.15) is 10.6 Å². The Kier molecular flexibility index (Phi) is 2.69. The van der Waals surface area contributed by atoms with Gasteiger partial charge in [-0.2, -0.15) is 0 Å². The van der Waals surface area contributed by atoms with Crippen molar-refractivity contribution >= 4 is 17.2 Å². The molecule has 0 bridgehead atoms. The molecule has 0 aromatic carbocycles. The zero-order valence-corrected chi connectivity index (χ0v) is 8.58. The predicted molar refractivity (Wildman–Crippen MR) is 56.2 cm³/mol. The predicted octanol–water partition coefficient (Wildman–Crippen LogP) is 1.85. The van der Waals surface area contributed by atoms with Gasteiger partial charge >= 0.3 is 0 Å². The SMILES string of the molecule is Cc1nnsc1CNc1ccncc1. The van der Waals surface area contributed by atoms with Gasteiger partial charge in [0.2, 0.25) is 0 Å². The minimum atomic E-state index is 0.771. The van der Waals surface area contributed by atoms with Gasteiger partial charge in [-0.15, -0.1) is 5.10 Å². The van der Waals surface area contributed by atoms with E-state index in [9.17, 15) is 0 Å². The Morgan fingerprint density at radius 2 is 2.14 bits per heavy atom. The zero-order chi connectivity index (χ0) is 9.80. The van der Waals surface area contributed by atoms with Gasteiger partial charge < -0.3 is 5.32 Å². The third-order valence-corrected chi connectivity index (χ3v) is 2.70. The molecule has 0 saturated heterocycles. The molecule has 0 spiro atoms. The van der Waals surface area contributed by atoms with E-state index in [1.165, 1.54) is 16.4 Å². The van der Waals surface area contributed by atoms with Crippen molar-refractivity contribution in [2.75, 3.05) is 5.32 Å². The van der Waals surface area contributed by atoms with Gasteiger partial charge in [0.25, 0.3) is 0 Å². The first-order valence-electron chi connectivity index (χ1n) is 4.28. The van der Waals surface area contributed by atoms with Crippen LogP contribution in [0.25, 0.3) is 0 Å². The summed E-state index contributed by atoms with van der Waals surface area (Å²) >= 11 is 1.43. The van der Waals surface area contributed by atoms with Gasteiger partial charge in [-0.1, -0.05) is 4.49 Å². The normalized spacial score (nSPS) is 10.1. The molecule has 2 rings (SSSR count). The number of nitrogens with one attached hydrogen (secondary N) is 1. The fourth-order valence-corrected chi connectivity index (χ4v) is 1.64. The Morgan fingerprint density at radius 3 is 2.79 bits per heavy atom. The van der Waals surface area contributed by atoms with Crippen molar-refractivity contribution in [3.63, 3.8) is 0 Å². The average molecular weight is 206 g/mol. The summed E-state index contributed by atoms with van der Waals surface area (Å²) in [4.78, 5) is 5.11. The second kappa shape index (κ2) is 4.15. The van der Waals surface area contributed by atoms with Crippen molar-refractivity contribution < 1.29 is 0 Å². The van der Waals surface area contributed by atoms with E-state index < -0.39 is 0 Å². The molecule has 4 nitrogen and oxygen atoms in total. The number of aromatic nitrogens is 3. The molecule has 0 aliphatic rings. The second-order valence-corrected chi connectivity index (χ2v) is 3.71. The Morgan fingerprint density at radius 1 is 1.36 bits per heavy atom. The lowest BCUT2D eigenvalue weighted by Gasteiger charge is -2.03. The van der Waals surface area contributed by atoms with Gasteiger partial charge in [0, 0.05) is 18.1 Å². The number of nitrogens with zero attached hydrogens (tertiary/aromatic N) is 3. The van der Waals surface area contributed by atoms with Crippen LogP contribution in [-0.2, 0) is 6.54 Å². The van der Waals surface area contributed by atoms with Crippen molar-refractivity contribution in [2.45, 2.75) is 13.5 Å². The van der Waals surface area contributed by atoms with Gasteiger partial charge in [0.15, 0.2) is 0 Å². The van der Waals surface area contributed by atoms with Crippen LogP contribution in [0.2, 0.25) is 0 Å². The molecule has 0 fully saturated rings. The molecule has 2 aromatic rings. The lowest BCUT2D eigenvalue weighted by molar-refractivity contribution is 1.05. The largest absolute Gasteiger partial charge is 0.380 e. The second-order valence-electron chi connectivity index (χ2n) is 2.87. The topological polar surface area (TPSA) is 50.7 Å². The maximum Gasteiger partial charge on any atom is 0.0774 e. The van der Waals surface area contributed by atoms with E-state index in [4.69, 9.17) is 0 Å². The molecule has 1 N–H and O–H groups in total. The van der Waals surface area contributed by atoms with Crippen molar-refractivity contribution in [3.8, 4) is 0 Å². The van der Waals surface area contributed by atoms with E-state index in [1.807, 2.05) is 19.1 Å². The Balaban J connectivity index is 1.99. The van der Waals surface area contributed by atoms with E-state index >= 15 is 0 Å². The van der Waals surface area contributed by atoms with Crippen LogP contribution >= 0.6 is 11.5 Å². The molecule has 14 heavy (non-hydrogen) atoms. The summed E-state index contributed by atoms with van der Waals surface area (Å²) in [7, 11) is 0. The number of anilines is 1. The van der Waals surface area contributed by atoms with E-state index in [1.54, 1.807) is 12.4 Å². The molecule has 2 aromatic heterocycles. The Bertz CT molecular complexity index is 398. The Labute approximate surface area is 86.2 Å². The van der Waals surface area contributed by atoms with Crippen LogP contribution in [0.5, 0.6) is 0 Å². The molecule has 0 radical (unpaired) electrons. The summed E-state index contributed by atoms with van der Waals surface area (Å²) in [6, 6.07) is 3.87. The summed E-state index contributed by atoms with van der Waals surface area (Å²) < 4.78 is 3.87. The molecule has 0 unspecified atom stereocenters. The molecule has 0 aliphatic carbocycles. The number of rotatable bonds is 3. The number of hydrogen-bond donors (Lipinski definition) is 1. The number of aryl methyl sites for hydroxylation is 1. The van der Waals surface area contributed by atoms with Gasteiger partial charge in [0.05, 0.1) is 17.1 Å². The van der Waals surface area contributed by atoms with Gasteiger partial charge in [-0.3, -0.25) is 4.98 Å². The highest BCUT2D eigenvalue weighted by Crippen LogP contribution is 2.12. The maximum absolute atomic E-state index is 3.95. The summed E-state index contributed by atoms with van der Waals surface area (Å²) in [5.41, 5.74) is 2.06. The van der Waals surface area contributed by atoms with Gasteiger partial charge in [-0.25, -0.2) is 0 Å². The van der Waals surface area contributed by atoms with Crippen LogP contribution < -0.4 is 5.32 Å². The molecular formula is C9H10N4S. The third kappa shape index (κ3) is 2.05. The Hall–Kier alpha value is -1.49. The first-order valence-corrected chi connectivity index (χ1v) is 5.05. The summed E-state index contributed by atoms with van der Waals surface area (Å²) in [6.07, 6.45) is 3.53. The molecule has 0 aliphatic heterocycles. The van der Waals surface area contributed by atoms with Crippen LogP contribution in [0.15, 0.2) is 24.5 Å². The maximum atomic E-state index is 3.95. The van der Waals surface area contributed by atoms with Crippen LogP contribution in [0, 0.1) is 6.92 Å². The van der Waals surface area contributed by atoms with Crippen LogP contribution in [0.4, 0.5) is 5.69 Å². The minimum Gasteiger partial charge on any atom is -0.380 e. The molecular weight excluding hydrogens is 196 g/mol. The van der Waals surface area contributed by atoms with Crippen molar-refractivity contribution in [2.24, 2.45) is 0 Å².